The molecule has 2 heterocycles. The van der Waals surface area contributed by atoms with Gasteiger partial charge in [-0.25, -0.2) is 4.39 Å². The van der Waals surface area contributed by atoms with Crippen molar-refractivity contribution < 1.29 is 27.5 Å². The van der Waals surface area contributed by atoms with Crippen LogP contribution in [0.4, 0.5) is 13.2 Å². The first-order valence-corrected chi connectivity index (χ1v) is 9.80. The molecule has 1 saturated heterocycles. The number of ether oxygens (including phenoxy) is 1. The van der Waals surface area contributed by atoms with Crippen molar-refractivity contribution >= 4 is 11.8 Å². The molecule has 32 heavy (non-hydrogen) atoms. The van der Waals surface area contributed by atoms with Gasteiger partial charge in [0.05, 0.1) is 12.1 Å². The number of primary amides is 1. The van der Waals surface area contributed by atoms with Crippen LogP contribution in [0.2, 0.25) is 0 Å². The van der Waals surface area contributed by atoms with Gasteiger partial charge in [0, 0.05) is 30.3 Å². The predicted molar refractivity (Wildman–Crippen MR) is 108 cm³/mol. The van der Waals surface area contributed by atoms with E-state index in [1.807, 2.05) is 12.1 Å². The molecule has 0 saturated carbocycles. The number of alkyl halides is 3. The molecule has 1 aliphatic rings. The van der Waals surface area contributed by atoms with Crippen molar-refractivity contribution in [3.8, 4) is 17.2 Å². The Labute approximate surface area is 182 Å². The Morgan fingerprint density at radius 2 is 1.91 bits per heavy atom. The largest absolute Gasteiger partial charge is 0.365 e. The quantitative estimate of drug-likeness (QED) is 0.703. The normalized spacial score (nSPS) is 22.7. The Kier molecular flexibility index (Phi) is 6.79. The summed E-state index contributed by atoms with van der Waals surface area (Å²) >= 11 is 0. The zero-order valence-electron chi connectivity index (χ0n) is 17.2. The summed E-state index contributed by atoms with van der Waals surface area (Å²) in [4.78, 5) is 28.7. The number of aromatic nitrogens is 1. The average molecular weight is 446 g/mol. The fourth-order valence-electron chi connectivity index (χ4n) is 3.72. The van der Waals surface area contributed by atoms with Crippen LogP contribution in [-0.4, -0.2) is 46.6 Å². The van der Waals surface area contributed by atoms with Gasteiger partial charge in [-0.1, -0.05) is 30.3 Å². The maximum Gasteiger partial charge on any atom is 0.315 e. The minimum absolute atomic E-state index is 0.369. The molecule has 1 aromatic heterocycles. The molecule has 7 nitrogen and oxygen atoms in total. The van der Waals surface area contributed by atoms with Crippen molar-refractivity contribution in [2.45, 2.75) is 44.1 Å². The van der Waals surface area contributed by atoms with Gasteiger partial charge in [-0.15, -0.1) is 0 Å². The molecule has 1 aliphatic heterocycles. The molecule has 0 spiro atoms. The second kappa shape index (κ2) is 9.36. The van der Waals surface area contributed by atoms with Gasteiger partial charge in [-0.3, -0.25) is 19.5 Å². The Morgan fingerprint density at radius 3 is 2.41 bits per heavy atom. The second-order valence-corrected chi connectivity index (χ2v) is 7.43. The number of carbonyl (C=O) groups is 2. The number of aryl methyl sites for hydroxylation is 1. The summed E-state index contributed by atoms with van der Waals surface area (Å²) in [6, 6.07) is 10.9. The number of hydrogen-bond acceptors (Lipinski definition) is 5. The Hall–Kier alpha value is -3.45. The summed E-state index contributed by atoms with van der Waals surface area (Å²) < 4.78 is 45.7. The Morgan fingerprint density at radius 1 is 1.25 bits per heavy atom. The van der Waals surface area contributed by atoms with Crippen LogP contribution in [-0.2, 0) is 20.7 Å². The zero-order chi connectivity index (χ0) is 23.5. The van der Waals surface area contributed by atoms with Crippen LogP contribution in [0.15, 0.2) is 42.6 Å². The van der Waals surface area contributed by atoms with Crippen LogP contribution in [0.5, 0.6) is 0 Å². The van der Waals surface area contributed by atoms with E-state index in [1.54, 1.807) is 30.5 Å². The van der Waals surface area contributed by atoms with Crippen molar-refractivity contribution in [2.24, 2.45) is 5.73 Å². The molecule has 0 aliphatic carbocycles. The number of halogens is 3. The number of nitrogens with two attached hydrogens (primary N) is 1. The first-order chi connectivity index (χ1) is 15.2. The number of amides is 2. The molecule has 2 N–H and O–H groups in total. The minimum atomic E-state index is -3.45. The van der Waals surface area contributed by atoms with Crippen LogP contribution in [0.1, 0.15) is 30.7 Å². The lowest BCUT2D eigenvalue weighted by Crippen LogP contribution is -2.58. The molecule has 1 aromatic carbocycles. The summed E-state index contributed by atoms with van der Waals surface area (Å²) in [7, 11) is 0. The van der Waals surface area contributed by atoms with Crippen molar-refractivity contribution in [3.05, 3.63) is 53.9 Å². The fourth-order valence-corrected chi connectivity index (χ4v) is 3.72. The third-order valence-electron chi connectivity index (χ3n) is 5.43. The average Bonchev–Trinajstić information content (AvgIpc) is 3.11. The number of benzene rings is 1. The standard InChI is InChI=1S/C22H21F3N4O3/c1-22(21(27)31)29(20(30)19(24)25)17(11-23)18(32-22)14-6-4-13(5-7-14)15-8-9-16(28-12-15)3-2-10-26/h4-9,12,17-19H,2-3,11H2,1H3,(H2,27,31)/t17-,18-,22?/m1/s1. The van der Waals surface area contributed by atoms with Gasteiger partial charge in [-0.2, -0.15) is 14.0 Å². The molecule has 3 atom stereocenters. The van der Waals surface area contributed by atoms with E-state index < -0.39 is 42.8 Å². The highest BCUT2D eigenvalue weighted by molar-refractivity contribution is 5.90. The van der Waals surface area contributed by atoms with E-state index in [1.165, 1.54) is 0 Å². The number of rotatable bonds is 7. The summed E-state index contributed by atoms with van der Waals surface area (Å²) in [5.74, 6) is -2.90. The van der Waals surface area contributed by atoms with Crippen LogP contribution in [0.3, 0.4) is 0 Å². The monoisotopic (exact) mass is 446 g/mol. The maximum atomic E-state index is 13.9. The number of nitriles is 1. The van der Waals surface area contributed by atoms with E-state index in [-0.39, 0.29) is 0 Å². The van der Waals surface area contributed by atoms with Gasteiger partial charge < -0.3 is 10.5 Å². The lowest BCUT2D eigenvalue weighted by molar-refractivity contribution is -0.171. The molecule has 168 valence electrons. The van der Waals surface area contributed by atoms with Gasteiger partial charge in [0.15, 0.2) is 0 Å². The smallest absolute Gasteiger partial charge is 0.315 e. The van der Waals surface area contributed by atoms with E-state index in [2.05, 4.69) is 11.1 Å². The molecule has 0 bridgehead atoms. The van der Waals surface area contributed by atoms with Crippen molar-refractivity contribution in [3.63, 3.8) is 0 Å². The fraction of sp³-hybridized carbons (Fsp3) is 0.364. The van der Waals surface area contributed by atoms with Gasteiger partial charge >= 0.3 is 6.43 Å². The maximum absolute atomic E-state index is 13.9. The summed E-state index contributed by atoms with van der Waals surface area (Å²) in [6.45, 7) is -0.131. The molecule has 2 aromatic rings. The van der Waals surface area contributed by atoms with E-state index in [9.17, 15) is 22.8 Å². The number of carbonyl (C=O) groups excluding carboxylic acids is 2. The number of pyridine rings is 1. The molecule has 1 unspecified atom stereocenters. The topological polar surface area (TPSA) is 109 Å². The van der Waals surface area contributed by atoms with Crippen molar-refractivity contribution in [1.29, 1.82) is 5.26 Å². The molecular formula is C22H21F3N4O3. The molecule has 10 heteroatoms. The van der Waals surface area contributed by atoms with Crippen LogP contribution in [0, 0.1) is 11.3 Å². The second-order valence-electron chi connectivity index (χ2n) is 7.43. The third-order valence-corrected chi connectivity index (χ3v) is 5.43. The summed E-state index contributed by atoms with van der Waals surface area (Å²) in [6.07, 6.45) is -2.04. The van der Waals surface area contributed by atoms with E-state index in [4.69, 9.17) is 15.7 Å². The molecule has 1 fully saturated rings. The summed E-state index contributed by atoms with van der Waals surface area (Å²) in [5, 5.41) is 8.65. The Balaban J connectivity index is 1.88. The molecule has 0 radical (unpaired) electrons. The van der Waals surface area contributed by atoms with Crippen molar-refractivity contribution in [2.75, 3.05) is 6.67 Å². The highest BCUT2D eigenvalue weighted by atomic mass is 19.3. The van der Waals surface area contributed by atoms with E-state index >= 15 is 0 Å². The molecule has 3 rings (SSSR count). The molecular weight excluding hydrogens is 425 g/mol. The summed E-state index contributed by atoms with van der Waals surface area (Å²) in [5.41, 5.74) is 5.85. The van der Waals surface area contributed by atoms with Gasteiger partial charge in [-0.05, 0) is 24.1 Å². The van der Waals surface area contributed by atoms with Crippen LogP contribution < -0.4 is 5.73 Å². The lowest BCUT2D eigenvalue weighted by Gasteiger charge is -2.32. The minimum Gasteiger partial charge on any atom is -0.365 e. The lowest BCUT2D eigenvalue weighted by atomic mass is 9.99. The van der Waals surface area contributed by atoms with E-state index in [0.717, 1.165) is 23.7 Å². The number of nitrogens with zero attached hydrogens (tertiary/aromatic N) is 3. The van der Waals surface area contributed by atoms with E-state index in [0.29, 0.717) is 23.3 Å². The van der Waals surface area contributed by atoms with Gasteiger partial charge in [0.2, 0.25) is 5.72 Å². The zero-order valence-corrected chi connectivity index (χ0v) is 17.2. The van der Waals surface area contributed by atoms with Crippen LogP contribution >= 0.6 is 0 Å². The highest BCUT2D eigenvalue weighted by Crippen LogP contribution is 2.42. The molecule has 2 amide bonds. The predicted octanol–water partition coefficient (Wildman–Crippen LogP) is 2.91. The SMILES string of the molecule is CC1(C(N)=O)O[C@H](c2ccc(-c3ccc(CCC#N)nc3)cc2)[C@@H](CF)N1C(=O)C(F)F. The third kappa shape index (κ3) is 4.29. The van der Waals surface area contributed by atoms with Gasteiger partial charge in [0.1, 0.15) is 12.8 Å². The van der Waals surface area contributed by atoms with Crippen LogP contribution in [0.25, 0.3) is 11.1 Å². The Bertz CT molecular complexity index is 1020. The number of hydrogen-bond donors (Lipinski definition) is 1. The van der Waals surface area contributed by atoms with Crippen molar-refractivity contribution in [1.82, 2.24) is 9.88 Å². The van der Waals surface area contributed by atoms with Gasteiger partial charge in [0.25, 0.3) is 11.8 Å². The first-order valence-electron chi connectivity index (χ1n) is 9.80. The first kappa shape index (κ1) is 23.2. The highest BCUT2D eigenvalue weighted by Gasteiger charge is 2.57.